The summed E-state index contributed by atoms with van der Waals surface area (Å²) in [5.41, 5.74) is 6.84. The SMILES string of the molecule is C[SiH](C)[C]1([Zr][CH]2CCc3ccccc32)CCc2ccccc21.Cl.Cl. The summed E-state index contributed by atoms with van der Waals surface area (Å²) in [6.07, 6.45) is 5.59. The maximum Gasteiger partial charge on any atom is -0.147 e. The van der Waals surface area contributed by atoms with Gasteiger partial charge in [0.15, 0.2) is 0 Å². The molecule has 0 saturated heterocycles. The minimum atomic E-state index is -0.691. The fourth-order valence-corrected chi connectivity index (χ4v) is 15.1. The van der Waals surface area contributed by atoms with E-state index in [0.717, 1.165) is 3.63 Å². The number of aryl methyl sites for hydroxylation is 2. The van der Waals surface area contributed by atoms with Crippen molar-refractivity contribution in [3.05, 3.63) is 70.8 Å². The summed E-state index contributed by atoms with van der Waals surface area (Å²) < 4.78 is 1.66. The Morgan fingerprint density at radius 1 is 0.917 bits per heavy atom. The van der Waals surface area contributed by atoms with E-state index < -0.39 is 32.0 Å². The molecule has 0 radical (unpaired) electrons. The molecule has 2 aromatic carbocycles. The molecule has 2 aromatic rings. The van der Waals surface area contributed by atoms with Crippen LogP contribution in [0.3, 0.4) is 0 Å². The van der Waals surface area contributed by atoms with Crippen molar-refractivity contribution < 1.29 is 23.2 Å². The Balaban J connectivity index is 0.00000104. The van der Waals surface area contributed by atoms with Crippen molar-refractivity contribution >= 4 is 33.6 Å². The molecule has 2 aliphatic carbocycles. The Morgan fingerprint density at radius 3 is 2.33 bits per heavy atom. The molecule has 0 amide bonds. The van der Waals surface area contributed by atoms with Crippen LogP contribution in [0.5, 0.6) is 0 Å². The van der Waals surface area contributed by atoms with E-state index in [0.29, 0.717) is 2.75 Å². The monoisotopic (exact) mass is 454 g/mol. The summed E-state index contributed by atoms with van der Waals surface area (Å²) in [6, 6.07) is 18.7. The number of hydrogen-bond donors (Lipinski definition) is 0. The van der Waals surface area contributed by atoms with Crippen molar-refractivity contribution in [2.75, 3.05) is 0 Å². The van der Waals surface area contributed by atoms with Crippen LogP contribution in [0.1, 0.15) is 38.7 Å². The molecule has 0 N–H and O–H groups in total. The van der Waals surface area contributed by atoms with E-state index in [9.17, 15) is 0 Å². The van der Waals surface area contributed by atoms with E-state index in [1.165, 1.54) is 25.7 Å². The Bertz CT molecular complexity index is 704. The van der Waals surface area contributed by atoms with E-state index in [1.54, 1.807) is 22.3 Å². The number of hydrogen-bond acceptors (Lipinski definition) is 0. The van der Waals surface area contributed by atoms with Gasteiger partial charge in [-0.05, 0) is 0 Å². The van der Waals surface area contributed by atoms with Crippen LogP contribution in [0, 0.1) is 0 Å². The first kappa shape index (κ1) is 20.4. The van der Waals surface area contributed by atoms with Crippen LogP contribution in [0.4, 0.5) is 0 Å². The number of halogens is 2. The van der Waals surface area contributed by atoms with E-state index >= 15 is 0 Å². The predicted octanol–water partition coefficient (Wildman–Crippen LogP) is 5.47. The van der Waals surface area contributed by atoms with E-state index in [4.69, 9.17) is 0 Å². The van der Waals surface area contributed by atoms with Gasteiger partial charge in [-0.2, -0.15) is 0 Å². The minimum Gasteiger partial charge on any atom is -0.147 e. The second kappa shape index (κ2) is 8.21. The van der Waals surface area contributed by atoms with Crippen molar-refractivity contribution in [3.8, 4) is 0 Å². The van der Waals surface area contributed by atoms with Crippen molar-refractivity contribution in [2.24, 2.45) is 0 Å². The standard InChI is InChI=1S/C11H15Si.C9H9.2ClH.Zr/c1-12(2)11-8-7-9-5-3-4-6-10(9)11;1-2-5-9-7-3-6-8(9)4-1;;;/h3-6,12H,7-8H2,1-2H3;1-2,4-6H,3,7H2;2*1H;. The molecule has 0 aliphatic heterocycles. The third-order valence-corrected chi connectivity index (χ3v) is 18.5. The first-order valence-corrected chi connectivity index (χ1v) is 14.2. The molecule has 0 saturated carbocycles. The van der Waals surface area contributed by atoms with Gasteiger partial charge in [0.05, 0.1) is 0 Å². The molecule has 2 unspecified atom stereocenters. The molecule has 24 heavy (non-hydrogen) atoms. The fraction of sp³-hybridized carbons (Fsp3) is 0.400. The van der Waals surface area contributed by atoms with Crippen LogP contribution < -0.4 is 0 Å². The van der Waals surface area contributed by atoms with Crippen molar-refractivity contribution in [3.63, 3.8) is 0 Å². The van der Waals surface area contributed by atoms with Gasteiger partial charge in [-0.3, -0.25) is 0 Å². The summed E-state index contributed by atoms with van der Waals surface area (Å²) >= 11 is -0.491. The third kappa shape index (κ3) is 3.37. The van der Waals surface area contributed by atoms with Gasteiger partial charge in [0, 0.05) is 0 Å². The predicted molar refractivity (Wildman–Crippen MR) is 107 cm³/mol. The minimum absolute atomic E-state index is 0. The summed E-state index contributed by atoms with van der Waals surface area (Å²) in [4.78, 5) is 0. The van der Waals surface area contributed by atoms with Gasteiger partial charge in [-0.25, -0.2) is 0 Å². The smallest absolute Gasteiger partial charge is 0.147 e. The molecular weight excluding hydrogens is 430 g/mol. The number of benzene rings is 2. The van der Waals surface area contributed by atoms with Crippen molar-refractivity contribution in [1.29, 1.82) is 0 Å². The van der Waals surface area contributed by atoms with Gasteiger partial charge in [0.2, 0.25) is 0 Å². The largest absolute Gasteiger partial charge is 0.147 e. The quantitative estimate of drug-likeness (QED) is 0.538. The summed E-state index contributed by atoms with van der Waals surface area (Å²) in [6.45, 7) is 5.23. The summed E-state index contributed by atoms with van der Waals surface area (Å²) in [5, 5.41) is 0. The van der Waals surface area contributed by atoms with E-state index in [-0.39, 0.29) is 24.8 Å². The maximum atomic E-state index is 2.61. The molecule has 0 aromatic heterocycles. The topological polar surface area (TPSA) is 0 Å². The van der Waals surface area contributed by atoms with Crippen molar-refractivity contribution in [1.82, 2.24) is 0 Å². The molecule has 4 heteroatoms. The Morgan fingerprint density at radius 2 is 1.58 bits per heavy atom. The molecule has 2 atom stereocenters. The van der Waals surface area contributed by atoms with Gasteiger partial charge in [0.1, 0.15) is 0 Å². The van der Waals surface area contributed by atoms with Gasteiger partial charge in [-0.1, -0.05) is 0 Å². The van der Waals surface area contributed by atoms with E-state index in [1.807, 2.05) is 0 Å². The molecule has 0 bridgehead atoms. The zero-order chi connectivity index (χ0) is 15.2. The summed E-state index contributed by atoms with van der Waals surface area (Å²) in [7, 11) is -0.691. The molecule has 2 aliphatic rings. The normalized spacial score (nSPS) is 23.9. The zero-order valence-corrected chi connectivity index (χ0v) is 19.7. The molecule has 0 fully saturated rings. The number of rotatable bonds is 3. The molecular formula is C20H26Cl2SiZr. The Kier molecular flexibility index (Phi) is 6.99. The van der Waals surface area contributed by atoms with Crippen LogP contribution in [0.15, 0.2) is 48.5 Å². The molecule has 0 heterocycles. The Labute approximate surface area is 171 Å². The molecule has 128 valence electrons. The van der Waals surface area contributed by atoms with Crippen LogP contribution >= 0.6 is 24.8 Å². The first-order valence-electron chi connectivity index (χ1n) is 8.64. The maximum absolute atomic E-state index is 2.61. The van der Waals surface area contributed by atoms with Gasteiger partial charge in [-0.15, -0.1) is 24.8 Å². The zero-order valence-electron chi connectivity index (χ0n) is 14.4. The summed E-state index contributed by atoms with van der Waals surface area (Å²) in [5.74, 6) is 0. The average Bonchev–Trinajstić information content (AvgIpc) is 3.11. The Hall–Kier alpha value is 0.120. The molecule has 0 nitrogen and oxygen atoms in total. The van der Waals surface area contributed by atoms with Gasteiger partial charge >= 0.3 is 148 Å². The first-order chi connectivity index (χ1) is 10.7. The van der Waals surface area contributed by atoms with Gasteiger partial charge < -0.3 is 0 Å². The van der Waals surface area contributed by atoms with Crippen LogP contribution in [-0.4, -0.2) is 8.80 Å². The molecule has 0 spiro atoms. The van der Waals surface area contributed by atoms with Crippen LogP contribution in [0.25, 0.3) is 0 Å². The van der Waals surface area contributed by atoms with Crippen LogP contribution in [0.2, 0.25) is 13.1 Å². The van der Waals surface area contributed by atoms with Crippen LogP contribution in [-0.2, 0) is 38.8 Å². The second-order valence-corrected chi connectivity index (χ2v) is 16.5. The second-order valence-electron chi connectivity index (χ2n) is 7.22. The van der Waals surface area contributed by atoms with Crippen molar-refractivity contribution in [2.45, 2.75) is 45.1 Å². The van der Waals surface area contributed by atoms with E-state index in [2.05, 4.69) is 61.6 Å². The van der Waals surface area contributed by atoms with Gasteiger partial charge in [0.25, 0.3) is 0 Å². The fourth-order valence-electron chi connectivity index (χ4n) is 4.57. The molecule has 4 rings (SSSR count). The number of fused-ring (bicyclic) bond motifs is 2. The third-order valence-electron chi connectivity index (χ3n) is 5.84. The average molecular weight is 457 g/mol.